The van der Waals surface area contributed by atoms with Crippen LogP contribution >= 0.6 is 11.6 Å². The Morgan fingerprint density at radius 1 is 1.12 bits per heavy atom. The number of aromatic nitrogens is 1. The number of benzene rings is 2. The number of pyridine rings is 1. The highest BCUT2D eigenvalue weighted by atomic mass is 35.5. The lowest BCUT2D eigenvalue weighted by Crippen LogP contribution is -2.42. The largest absolute Gasteiger partial charge is 0.490 e. The number of ether oxygens (including phenoxy) is 1. The fourth-order valence-corrected chi connectivity index (χ4v) is 4.71. The van der Waals surface area contributed by atoms with E-state index in [4.69, 9.17) is 16.3 Å². The van der Waals surface area contributed by atoms with Gasteiger partial charge in [-0.15, -0.1) is 0 Å². The van der Waals surface area contributed by atoms with Crippen LogP contribution in [0.5, 0.6) is 5.75 Å². The third kappa shape index (κ3) is 5.63. The molecule has 180 valence electrons. The third-order valence-corrected chi connectivity index (χ3v) is 6.66. The van der Waals surface area contributed by atoms with Gasteiger partial charge < -0.3 is 10.1 Å². The Labute approximate surface area is 201 Å². The fraction of sp³-hybridized carbons (Fsp3) is 0.385. The van der Waals surface area contributed by atoms with Gasteiger partial charge in [0.1, 0.15) is 11.4 Å². The molecule has 1 aromatic heterocycles. The van der Waals surface area contributed by atoms with Crippen molar-refractivity contribution in [3.63, 3.8) is 0 Å². The number of nitrogens with zero attached hydrogens (tertiary/aromatic N) is 1. The van der Waals surface area contributed by atoms with Crippen molar-refractivity contribution in [3.8, 4) is 5.75 Å². The van der Waals surface area contributed by atoms with Crippen LogP contribution in [-0.4, -0.2) is 23.0 Å². The van der Waals surface area contributed by atoms with Crippen LogP contribution in [0, 0.1) is 5.92 Å². The number of carbonyl (C=O) groups excluding carboxylic acids is 1. The molecular weight excluding hydrogens is 465 g/mol. The van der Waals surface area contributed by atoms with E-state index >= 15 is 0 Å². The zero-order valence-corrected chi connectivity index (χ0v) is 19.5. The molecule has 1 atom stereocenters. The van der Waals surface area contributed by atoms with Crippen LogP contribution in [0.3, 0.4) is 0 Å². The molecule has 1 aliphatic rings. The molecule has 4 rings (SSSR count). The van der Waals surface area contributed by atoms with Gasteiger partial charge in [-0.25, -0.2) is 4.98 Å². The molecule has 1 saturated carbocycles. The Hall–Kier alpha value is -2.80. The predicted molar refractivity (Wildman–Crippen MR) is 126 cm³/mol. The van der Waals surface area contributed by atoms with E-state index < -0.39 is 11.9 Å². The lowest BCUT2D eigenvalue weighted by molar-refractivity contribution is -0.141. The number of para-hydroxylation sites is 1. The highest BCUT2D eigenvalue weighted by Crippen LogP contribution is 2.37. The van der Waals surface area contributed by atoms with Crippen LogP contribution < -0.4 is 10.1 Å². The molecule has 34 heavy (non-hydrogen) atoms. The summed E-state index contributed by atoms with van der Waals surface area (Å²) in [7, 11) is 0. The molecule has 0 spiro atoms. The molecule has 8 heteroatoms. The molecule has 0 bridgehead atoms. The number of amides is 1. The number of carbonyl (C=O) groups is 1. The van der Waals surface area contributed by atoms with Gasteiger partial charge in [0.05, 0.1) is 11.6 Å². The fourth-order valence-electron chi connectivity index (χ4n) is 4.58. The zero-order chi connectivity index (χ0) is 24.3. The minimum absolute atomic E-state index is 0.0164. The Morgan fingerprint density at radius 3 is 2.44 bits per heavy atom. The molecule has 1 heterocycles. The summed E-state index contributed by atoms with van der Waals surface area (Å²) >= 11 is 5.90. The van der Waals surface area contributed by atoms with Gasteiger partial charge in [0, 0.05) is 28.1 Å². The van der Waals surface area contributed by atoms with Gasteiger partial charge in [-0.05, 0) is 74.4 Å². The average molecular weight is 491 g/mol. The monoisotopic (exact) mass is 490 g/mol. The van der Waals surface area contributed by atoms with Crippen LogP contribution in [0.1, 0.15) is 55.1 Å². The van der Waals surface area contributed by atoms with E-state index in [0.29, 0.717) is 28.8 Å². The van der Waals surface area contributed by atoms with Crippen molar-refractivity contribution in [3.05, 3.63) is 70.9 Å². The normalized spacial score (nSPS) is 19.6. The summed E-state index contributed by atoms with van der Waals surface area (Å²) in [6.07, 6.45) is -0.895. The second-order valence-corrected chi connectivity index (χ2v) is 9.11. The van der Waals surface area contributed by atoms with Crippen molar-refractivity contribution < 1.29 is 22.7 Å². The van der Waals surface area contributed by atoms with E-state index in [1.165, 1.54) is 0 Å². The van der Waals surface area contributed by atoms with Gasteiger partial charge in [0.2, 0.25) is 0 Å². The molecule has 4 nitrogen and oxygen atoms in total. The standard InChI is InChI=1S/C26H26ClF3N2O2/c1-2-21(32-25(33)17-7-11-18(27)12-8-17)16-9-13-19(14-10-16)34-23-15-24(26(28,29)30)31-22-6-4-3-5-20(22)23/h3-8,11-12,15-16,19,21H,2,9-10,13-14H2,1H3,(H,32,33)/t16-,19+,21-/m0/s1. The molecule has 0 aliphatic heterocycles. The maximum atomic E-state index is 13.3. The molecule has 0 unspecified atom stereocenters. The van der Waals surface area contributed by atoms with Crippen LogP contribution in [0.2, 0.25) is 5.02 Å². The van der Waals surface area contributed by atoms with E-state index in [0.717, 1.165) is 25.3 Å². The molecular formula is C26H26ClF3N2O2. The molecule has 2 aromatic carbocycles. The highest BCUT2D eigenvalue weighted by Gasteiger charge is 2.34. The first-order valence-electron chi connectivity index (χ1n) is 11.4. The van der Waals surface area contributed by atoms with Crippen molar-refractivity contribution in [1.82, 2.24) is 10.3 Å². The summed E-state index contributed by atoms with van der Waals surface area (Å²) < 4.78 is 46.1. The molecule has 1 fully saturated rings. The maximum Gasteiger partial charge on any atom is 0.433 e. The van der Waals surface area contributed by atoms with Crippen LogP contribution in [-0.2, 0) is 6.18 Å². The van der Waals surface area contributed by atoms with E-state index in [2.05, 4.69) is 10.3 Å². The van der Waals surface area contributed by atoms with E-state index in [1.807, 2.05) is 6.92 Å². The molecule has 0 saturated heterocycles. The Kier molecular flexibility index (Phi) is 7.31. The second kappa shape index (κ2) is 10.2. The molecule has 3 aromatic rings. The van der Waals surface area contributed by atoms with Crippen molar-refractivity contribution >= 4 is 28.4 Å². The number of halogens is 4. The molecule has 0 radical (unpaired) electrons. The van der Waals surface area contributed by atoms with Crippen molar-refractivity contribution in [1.29, 1.82) is 0 Å². The van der Waals surface area contributed by atoms with Crippen molar-refractivity contribution in [2.45, 2.75) is 57.3 Å². The number of rotatable bonds is 6. The smallest absolute Gasteiger partial charge is 0.433 e. The van der Waals surface area contributed by atoms with E-state index in [-0.39, 0.29) is 35.2 Å². The van der Waals surface area contributed by atoms with Crippen LogP contribution in [0.25, 0.3) is 10.9 Å². The minimum atomic E-state index is -4.55. The van der Waals surface area contributed by atoms with E-state index in [9.17, 15) is 18.0 Å². The zero-order valence-electron chi connectivity index (χ0n) is 18.7. The number of alkyl halides is 3. The summed E-state index contributed by atoms with van der Waals surface area (Å²) in [5.74, 6) is 0.357. The first-order valence-corrected chi connectivity index (χ1v) is 11.8. The first-order chi connectivity index (χ1) is 16.2. The lowest BCUT2D eigenvalue weighted by atomic mass is 9.81. The number of hydrogen-bond acceptors (Lipinski definition) is 3. The highest BCUT2D eigenvalue weighted by molar-refractivity contribution is 6.30. The SMILES string of the molecule is CC[C@H](NC(=O)c1ccc(Cl)cc1)[C@H]1CC[C@@H](Oc2cc(C(F)(F)F)nc3ccccc23)CC1. The molecule has 1 N–H and O–H groups in total. The van der Waals surface area contributed by atoms with Crippen LogP contribution in [0.15, 0.2) is 54.6 Å². The van der Waals surface area contributed by atoms with Gasteiger partial charge in [0.25, 0.3) is 5.91 Å². The summed E-state index contributed by atoms with van der Waals surface area (Å²) in [5.41, 5.74) is -0.132. The Balaban J connectivity index is 1.41. The summed E-state index contributed by atoms with van der Waals surface area (Å²) in [6, 6.07) is 14.5. The number of nitrogens with one attached hydrogen (secondary N) is 1. The molecule has 1 aliphatic carbocycles. The van der Waals surface area contributed by atoms with Gasteiger partial charge in [-0.1, -0.05) is 30.7 Å². The van der Waals surface area contributed by atoms with Crippen molar-refractivity contribution in [2.24, 2.45) is 5.92 Å². The molecule has 1 amide bonds. The summed E-state index contributed by atoms with van der Waals surface area (Å²) in [4.78, 5) is 16.4. The average Bonchev–Trinajstić information content (AvgIpc) is 2.83. The van der Waals surface area contributed by atoms with Crippen LogP contribution in [0.4, 0.5) is 13.2 Å². The Morgan fingerprint density at radius 2 is 1.79 bits per heavy atom. The predicted octanol–water partition coefficient (Wildman–Crippen LogP) is 7.05. The first kappa shape index (κ1) is 24.3. The Bertz CT molecular complexity index is 1140. The maximum absolute atomic E-state index is 13.3. The van der Waals surface area contributed by atoms with Crippen molar-refractivity contribution in [2.75, 3.05) is 0 Å². The second-order valence-electron chi connectivity index (χ2n) is 8.67. The minimum Gasteiger partial charge on any atom is -0.490 e. The van der Waals surface area contributed by atoms with E-state index in [1.54, 1.807) is 48.5 Å². The lowest BCUT2D eigenvalue weighted by Gasteiger charge is -2.34. The van der Waals surface area contributed by atoms with Gasteiger partial charge in [-0.2, -0.15) is 13.2 Å². The van der Waals surface area contributed by atoms with Gasteiger partial charge >= 0.3 is 6.18 Å². The summed E-state index contributed by atoms with van der Waals surface area (Å²) in [5, 5.41) is 4.27. The van der Waals surface area contributed by atoms with Gasteiger partial charge in [0.15, 0.2) is 0 Å². The van der Waals surface area contributed by atoms with Gasteiger partial charge in [-0.3, -0.25) is 4.79 Å². The number of fused-ring (bicyclic) bond motifs is 1. The topological polar surface area (TPSA) is 51.2 Å². The quantitative estimate of drug-likeness (QED) is 0.402. The number of hydrogen-bond donors (Lipinski definition) is 1. The third-order valence-electron chi connectivity index (χ3n) is 6.41. The summed E-state index contributed by atoms with van der Waals surface area (Å²) in [6.45, 7) is 2.04.